The Hall–Kier alpha value is -2.61. The highest BCUT2D eigenvalue weighted by atomic mass is 32.2. The van der Waals surface area contributed by atoms with Crippen LogP contribution in [-0.4, -0.2) is 57.0 Å². The van der Waals surface area contributed by atoms with E-state index in [2.05, 4.69) is 17.3 Å². The number of ether oxygens (including phenoxy) is 2. The third-order valence-corrected chi connectivity index (χ3v) is 7.79. The number of hydrogen-bond donors (Lipinski definition) is 1. The van der Waals surface area contributed by atoms with Crippen LogP contribution in [0.25, 0.3) is 0 Å². The van der Waals surface area contributed by atoms with Gasteiger partial charge in [0.15, 0.2) is 20.9 Å². The number of hydroxylamine groups is 1. The molecule has 2 amide bonds. The molecule has 0 radical (unpaired) electrons. The normalized spacial score (nSPS) is 22.6. The van der Waals surface area contributed by atoms with Crippen LogP contribution in [0.2, 0.25) is 0 Å². The van der Waals surface area contributed by atoms with Crippen LogP contribution in [0.5, 0.6) is 0 Å². The molecule has 2 aliphatic heterocycles. The van der Waals surface area contributed by atoms with Gasteiger partial charge < -0.3 is 9.47 Å². The maximum Gasteiger partial charge on any atom is 0.414 e. The lowest BCUT2D eigenvalue weighted by Crippen LogP contribution is -2.53. The fraction of sp³-hybridized carbons (Fsp3) is 0.565. The number of cyclic esters (lactones) is 1. The van der Waals surface area contributed by atoms with Crippen molar-refractivity contribution in [1.29, 1.82) is 0 Å². The fourth-order valence-electron chi connectivity index (χ4n) is 3.63. The smallest absolute Gasteiger partial charge is 0.414 e. The Morgan fingerprint density at radius 1 is 1.30 bits per heavy atom. The van der Waals surface area contributed by atoms with Crippen LogP contribution < -0.4 is 10.4 Å². The molecule has 0 aliphatic carbocycles. The lowest BCUT2D eigenvalue weighted by molar-refractivity contribution is -0.201. The third kappa shape index (κ3) is 6.05. The summed E-state index contributed by atoms with van der Waals surface area (Å²) in [7, 11) is -3.88. The van der Waals surface area contributed by atoms with E-state index in [4.69, 9.17) is 14.3 Å². The second-order valence-corrected chi connectivity index (χ2v) is 10.8. The number of carbonyl (C=O) groups excluding carboxylic acids is 2. The lowest BCUT2D eigenvalue weighted by atomic mass is 10.0. The summed E-state index contributed by atoms with van der Waals surface area (Å²) < 4.78 is 34.1. The zero-order chi connectivity index (χ0) is 24.1. The summed E-state index contributed by atoms with van der Waals surface area (Å²) >= 11 is 0. The Labute approximate surface area is 194 Å². The van der Waals surface area contributed by atoms with Gasteiger partial charge in [-0.15, -0.1) is 0 Å². The number of anilines is 1. The highest BCUT2D eigenvalue weighted by Crippen LogP contribution is 2.30. The second-order valence-electron chi connectivity index (χ2n) is 8.37. The zero-order valence-electron chi connectivity index (χ0n) is 19.1. The minimum absolute atomic E-state index is 0.115. The van der Waals surface area contributed by atoms with E-state index in [0.29, 0.717) is 18.7 Å². The van der Waals surface area contributed by atoms with Gasteiger partial charge in [0.1, 0.15) is 6.10 Å². The van der Waals surface area contributed by atoms with Crippen LogP contribution >= 0.6 is 0 Å². The van der Waals surface area contributed by atoms with Crippen LogP contribution in [0, 0.1) is 11.8 Å². The van der Waals surface area contributed by atoms with E-state index in [1.54, 1.807) is 24.3 Å². The van der Waals surface area contributed by atoms with E-state index in [1.165, 1.54) is 11.8 Å². The molecule has 0 spiro atoms. The van der Waals surface area contributed by atoms with Crippen molar-refractivity contribution in [2.24, 2.45) is 0 Å². The van der Waals surface area contributed by atoms with Gasteiger partial charge in [-0.25, -0.2) is 23.5 Å². The largest absolute Gasteiger partial charge is 0.444 e. The van der Waals surface area contributed by atoms with Gasteiger partial charge >= 0.3 is 6.09 Å². The maximum absolute atomic E-state index is 12.9. The average molecular weight is 479 g/mol. The van der Waals surface area contributed by atoms with E-state index >= 15 is 0 Å². The molecule has 1 aromatic rings. The molecule has 180 valence electrons. The molecule has 2 saturated heterocycles. The van der Waals surface area contributed by atoms with E-state index in [0.717, 1.165) is 31.1 Å². The molecule has 2 aliphatic rings. The van der Waals surface area contributed by atoms with Gasteiger partial charge in [0, 0.05) is 43.4 Å². The number of sulfone groups is 1. The first-order valence-electron chi connectivity index (χ1n) is 11.0. The first-order chi connectivity index (χ1) is 15.6. The number of benzene rings is 1. The van der Waals surface area contributed by atoms with Crippen molar-refractivity contribution < 1.29 is 32.3 Å². The Balaban J connectivity index is 1.68. The lowest BCUT2D eigenvalue weighted by Gasteiger charge is -2.29. The SMILES string of the molecule is CCC#Cc1ccc(N2C[C@H](C[C@](C)(C(=O)NOC3CCCCO3)S(C)(=O)=O)OC2=O)cc1. The standard InChI is InChI=1S/C23H30N2O7S/c1-4-5-8-17-10-12-18(13-11-17)25-16-19(31-22(25)27)15-23(2,33(3,28)29)21(26)24-32-20-9-6-7-14-30-20/h10-13,19-20H,4,6-7,9,14-16H2,1-3H3,(H,24,26)/t19-,20?,23+/m0/s1. The van der Waals surface area contributed by atoms with E-state index in [1.807, 2.05) is 6.92 Å². The molecule has 1 N–H and O–H groups in total. The van der Waals surface area contributed by atoms with Crippen LogP contribution in [0.1, 0.15) is 51.5 Å². The number of nitrogens with one attached hydrogen (secondary N) is 1. The second kappa shape index (κ2) is 10.5. The molecule has 9 nitrogen and oxygen atoms in total. The van der Waals surface area contributed by atoms with Crippen molar-refractivity contribution in [3.05, 3.63) is 29.8 Å². The Bertz CT molecular complexity index is 1020. The quantitative estimate of drug-likeness (QED) is 0.474. The summed E-state index contributed by atoms with van der Waals surface area (Å²) in [6, 6.07) is 7.11. The summed E-state index contributed by atoms with van der Waals surface area (Å²) in [5.74, 6) is 5.17. The van der Waals surface area contributed by atoms with Gasteiger partial charge in [-0.3, -0.25) is 9.69 Å². The predicted octanol–water partition coefficient (Wildman–Crippen LogP) is 2.54. The van der Waals surface area contributed by atoms with Crippen molar-refractivity contribution in [1.82, 2.24) is 5.48 Å². The molecule has 2 heterocycles. The molecule has 3 rings (SSSR count). The summed E-state index contributed by atoms with van der Waals surface area (Å²) in [6.07, 6.45) is 1.90. The molecule has 3 atom stereocenters. The van der Waals surface area contributed by atoms with Crippen molar-refractivity contribution >= 4 is 27.5 Å². The number of hydrogen-bond acceptors (Lipinski definition) is 7. The summed E-state index contributed by atoms with van der Waals surface area (Å²) in [5, 5.41) is 0. The van der Waals surface area contributed by atoms with Gasteiger partial charge in [0.2, 0.25) is 0 Å². The van der Waals surface area contributed by atoms with Crippen molar-refractivity contribution in [3.63, 3.8) is 0 Å². The summed E-state index contributed by atoms with van der Waals surface area (Å²) in [6.45, 7) is 3.90. The number of carbonyl (C=O) groups is 2. The number of rotatable bonds is 7. The molecule has 10 heteroatoms. The van der Waals surface area contributed by atoms with Crippen LogP contribution in [0.3, 0.4) is 0 Å². The molecule has 2 fully saturated rings. The third-order valence-electron chi connectivity index (χ3n) is 5.80. The number of nitrogens with zero attached hydrogens (tertiary/aromatic N) is 1. The Morgan fingerprint density at radius 2 is 2.03 bits per heavy atom. The molecule has 0 saturated carbocycles. The molecular formula is C23H30N2O7S. The van der Waals surface area contributed by atoms with Gasteiger partial charge in [0.25, 0.3) is 5.91 Å². The molecule has 0 bridgehead atoms. The first-order valence-corrected chi connectivity index (χ1v) is 12.9. The highest BCUT2D eigenvalue weighted by molar-refractivity contribution is 7.92. The fourth-order valence-corrected chi connectivity index (χ4v) is 4.50. The van der Waals surface area contributed by atoms with E-state index in [-0.39, 0.29) is 13.0 Å². The van der Waals surface area contributed by atoms with Crippen LogP contribution in [0.15, 0.2) is 24.3 Å². The summed E-state index contributed by atoms with van der Waals surface area (Å²) in [5.41, 5.74) is 3.67. The molecule has 0 aromatic heterocycles. The minimum Gasteiger partial charge on any atom is -0.444 e. The number of amides is 2. The topological polar surface area (TPSA) is 111 Å². The maximum atomic E-state index is 12.9. The van der Waals surface area contributed by atoms with E-state index in [9.17, 15) is 18.0 Å². The monoisotopic (exact) mass is 478 g/mol. The summed E-state index contributed by atoms with van der Waals surface area (Å²) in [4.78, 5) is 32.0. The van der Waals surface area contributed by atoms with Crippen molar-refractivity contribution in [2.75, 3.05) is 24.3 Å². The molecular weight excluding hydrogens is 448 g/mol. The van der Waals surface area contributed by atoms with Gasteiger partial charge in [-0.05, 0) is 44.0 Å². The van der Waals surface area contributed by atoms with Crippen molar-refractivity contribution in [2.45, 2.75) is 63.1 Å². The molecule has 1 aromatic carbocycles. The minimum atomic E-state index is -3.88. The van der Waals surface area contributed by atoms with E-state index < -0.39 is 39.0 Å². The predicted molar refractivity (Wildman–Crippen MR) is 122 cm³/mol. The Kier molecular flexibility index (Phi) is 8.00. The van der Waals surface area contributed by atoms with Gasteiger partial charge in [-0.1, -0.05) is 18.8 Å². The van der Waals surface area contributed by atoms with Crippen LogP contribution in [0.4, 0.5) is 10.5 Å². The zero-order valence-corrected chi connectivity index (χ0v) is 19.9. The average Bonchev–Trinajstić information content (AvgIpc) is 3.15. The first kappa shape index (κ1) is 25.0. The van der Waals surface area contributed by atoms with Crippen molar-refractivity contribution in [3.8, 4) is 11.8 Å². The molecule has 33 heavy (non-hydrogen) atoms. The van der Waals surface area contributed by atoms with Crippen LogP contribution in [-0.2, 0) is 28.9 Å². The Morgan fingerprint density at radius 3 is 2.64 bits per heavy atom. The van der Waals surface area contributed by atoms with Gasteiger partial charge in [-0.2, -0.15) is 0 Å². The molecule has 1 unspecified atom stereocenters. The van der Waals surface area contributed by atoms with Gasteiger partial charge in [0.05, 0.1) is 6.54 Å². The highest BCUT2D eigenvalue weighted by Gasteiger charge is 2.48.